The third-order valence-corrected chi connectivity index (χ3v) is 6.94. The lowest BCUT2D eigenvalue weighted by molar-refractivity contribution is -0.176. The van der Waals surface area contributed by atoms with Crippen LogP contribution in [-0.4, -0.2) is 40.3 Å². The molecule has 4 rings (SSSR count). The number of alkyl halides is 3. The molecular formula is C21H19ClF3N5OS2. The lowest BCUT2D eigenvalue weighted by Gasteiger charge is -2.12. The number of aromatic nitrogens is 3. The normalized spacial score (nSPS) is 12.9. The molecule has 12 heteroatoms. The molecule has 0 aliphatic rings. The highest BCUT2D eigenvalue weighted by Gasteiger charge is 2.28. The molecule has 1 unspecified atom stereocenters. The van der Waals surface area contributed by atoms with E-state index in [2.05, 4.69) is 20.3 Å². The Labute approximate surface area is 200 Å². The maximum absolute atomic E-state index is 12.5. The van der Waals surface area contributed by atoms with Crippen molar-refractivity contribution in [3.63, 3.8) is 0 Å². The van der Waals surface area contributed by atoms with Crippen LogP contribution < -0.4 is 11.1 Å². The third kappa shape index (κ3) is 6.61. The lowest BCUT2D eigenvalue weighted by Crippen LogP contribution is -2.31. The van der Waals surface area contributed by atoms with Crippen molar-refractivity contribution < 1.29 is 17.9 Å². The van der Waals surface area contributed by atoms with E-state index in [1.54, 1.807) is 24.5 Å². The molecule has 174 valence electrons. The fourth-order valence-corrected chi connectivity index (χ4v) is 5.31. The number of anilines is 1. The van der Waals surface area contributed by atoms with E-state index in [4.69, 9.17) is 22.1 Å². The molecule has 3 heterocycles. The van der Waals surface area contributed by atoms with Gasteiger partial charge in [0.1, 0.15) is 11.6 Å². The number of ether oxygens (including phenoxy) is 1. The van der Waals surface area contributed by atoms with Crippen molar-refractivity contribution in [2.24, 2.45) is 5.73 Å². The Morgan fingerprint density at radius 1 is 1.18 bits per heavy atom. The number of thiazole rings is 2. The molecule has 0 spiro atoms. The van der Waals surface area contributed by atoms with E-state index in [0.29, 0.717) is 38.7 Å². The van der Waals surface area contributed by atoms with Gasteiger partial charge in [0.2, 0.25) is 0 Å². The summed E-state index contributed by atoms with van der Waals surface area (Å²) in [6.45, 7) is -1.21. The standard InChI is InChI=1S/C21H19ClF3N5OS2/c22-13-3-1-2-12(6-13)7-14(26)8-28-20-30-16(10-31-11-21(23,24)25)18(33-20)19-29-15-4-5-27-9-17(15)32-19/h1-6,9,14H,7-8,10-11,26H2,(H,28,30). The number of halogens is 4. The highest BCUT2D eigenvalue weighted by atomic mass is 35.5. The van der Waals surface area contributed by atoms with E-state index in [0.717, 1.165) is 15.8 Å². The van der Waals surface area contributed by atoms with Crippen LogP contribution in [-0.2, 0) is 17.8 Å². The number of hydrogen-bond acceptors (Lipinski definition) is 8. The first-order valence-corrected chi connectivity index (χ1v) is 11.9. The van der Waals surface area contributed by atoms with Crippen LogP contribution >= 0.6 is 34.3 Å². The van der Waals surface area contributed by atoms with Crippen molar-refractivity contribution in [3.8, 4) is 9.88 Å². The topological polar surface area (TPSA) is 86.0 Å². The van der Waals surface area contributed by atoms with Crippen LogP contribution in [0.4, 0.5) is 18.3 Å². The van der Waals surface area contributed by atoms with Gasteiger partial charge in [-0.15, -0.1) is 11.3 Å². The molecule has 0 saturated heterocycles. The molecule has 33 heavy (non-hydrogen) atoms. The molecule has 0 amide bonds. The van der Waals surface area contributed by atoms with Crippen LogP contribution in [0.25, 0.3) is 20.1 Å². The number of nitrogens with zero attached hydrogens (tertiary/aromatic N) is 3. The molecule has 6 nitrogen and oxygen atoms in total. The van der Waals surface area contributed by atoms with Gasteiger partial charge in [-0.25, -0.2) is 9.97 Å². The fraction of sp³-hybridized carbons (Fsp3) is 0.286. The van der Waals surface area contributed by atoms with Crippen molar-refractivity contribution in [2.45, 2.75) is 25.2 Å². The summed E-state index contributed by atoms with van der Waals surface area (Å²) in [6.07, 6.45) is -0.463. The van der Waals surface area contributed by atoms with Gasteiger partial charge in [0.25, 0.3) is 0 Å². The van der Waals surface area contributed by atoms with Gasteiger partial charge in [-0.3, -0.25) is 4.98 Å². The monoisotopic (exact) mass is 513 g/mol. The summed E-state index contributed by atoms with van der Waals surface area (Å²) in [4.78, 5) is 13.8. The number of nitrogens with two attached hydrogens (primary N) is 1. The summed E-state index contributed by atoms with van der Waals surface area (Å²) in [5, 5.41) is 5.02. The summed E-state index contributed by atoms with van der Waals surface area (Å²) in [6, 6.07) is 9.04. The van der Waals surface area contributed by atoms with Gasteiger partial charge in [0.05, 0.1) is 27.4 Å². The van der Waals surface area contributed by atoms with Crippen LogP contribution in [0.2, 0.25) is 5.02 Å². The van der Waals surface area contributed by atoms with Gasteiger partial charge in [-0.2, -0.15) is 13.2 Å². The predicted molar refractivity (Wildman–Crippen MR) is 126 cm³/mol. The maximum Gasteiger partial charge on any atom is 0.411 e. The Morgan fingerprint density at radius 3 is 2.79 bits per heavy atom. The van der Waals surface area contributed by atoms with Crippen molar-refractivity contribution in [1.82, 2.24) is 15.0 Å². The zero-order valence-electron chi connectivity index (χ0n) is 17.1. The van der Waals surface area contributed by atoms with E-state index < -0.39 is 12.8 Å². The average molecular weight is 514 g/mol. The lowest BCUT2D eigenvalue weighted by atomic mass is 10.1. The molecule has 4 aromatic rings. The number of nitrogens with one attached hydrogen (secondary N) is 1. The van der Waals surface area contributed by atoms with Crippen LogP contribution in [0.1, 0.15) is 11.3 Å². The van der Waals surface area contributed by atoms with Crippen LogP contribution in [0, 0.1) is 0 Å². The average Bonchev–Trinajstić information content (AvgIpc) is 3.35. The molecule has 0 fully saturated rings. The number of rotatable bonds is 9. The minimum atomic E-state index is -4.41. The largest absolute Gasteiger partial charge is 0.411 e. The summed E-state index contributed by atoms with van der Waals surface area (Å²) in [5.74, 6) is 0. The molecule has 1 aromatic carbocycles. The molecular weight excluding hydrogens is 495 g/mol. The number of pyridine rings is 1. The van der Waals surface area contributed by atoms with Gasteiger partial charge < -0.3 is 15.8 Å². The van der Waals surface area contributed by atoms with Crippen molar-refractivity contribution in [3.05, 3.63) is 59.0 Å². The minimum absolute atomic E-state index is 0.214. The number of fused-ring (bicyclic) bond motifs is 1. The molecule has 0 saturated carbocycles. The Bertz CT molecular complexity index is 1200. The van der Waals surface area contributed by atoms with Gasteiger partial charge in [0, 0.05) is 30.0 Å². The zero-order chi connectivity index (χ0) is 23.4. The van der Waals surface area contributed by atoms with Crippen LogP contribution in [0.15, 0.2) is 42.7 Å². The highest BCUT2D eigenvalue weighted by Crippen LogP contribution is 2.38. The number of benzene rings is 1. The van der Waals surface area contributed by atoms with E-state index in [-0.39, 0.29) is 12.6 Å². The predicted octanol–water partition coefficient (Wildman–Crippen LogP) is 5.53. The molecule has 0 aliphatic carbocycles. The van der Waals surface area contributed by atoms with Crippen LogP contribution in [0.5, 0.6) is 0 Å². The van der Waals surface area contributed by atoms with E-state index in [1.165, 1.54) is 22.7 Å². The maximum atomic E-state index is 12.5. The summed E-state index contributed by atoms with van der Waals surface area (Å²) in [7, 11) is 0. The Kier molecular flexibility index (Phi) is 7.45. The fourth-order valence-electron chi connectivity index (χ4n) is 3.09. The molecule has 0 radical (unpaired) electrons. The van der Waals surface area contributed by atoms with Gasteiger partial charge in [-0.1, -0.05) is 35.1 Å². The van der Waals surface area contributed by atoms with Crippen molar-refractivity contribution >= 4 is 49.6 Å². The quantitative estimate of drug-likeness (QED) is 0.306. The Balaban J connectivity index is 1.49. The van der Waals surface area contributed by atoms with Crippen molar-refractivity contribution in [2.75, 3.05) is 18.5 Å². The van der Waals surface area contributed by atoms with E-state index in [9.17, 15) is 13.2 Å². The molecule has 0 bridgehead atoms. The second-order valence-corrected chi connectivity index (χ2v) is 9.71. The summed E-state index contributed by atoms with van der Waals surface area (Å²) < 4.78 is 43.4. The first kappa shape index (κ1) is 23.8. The van der Waals surface area contributed by atoms with Crippen molar-refractivity contribution in [1.29, 1.82) is 0 Å². The summed E-state index contributed by atoms with van der Waals surface area (Å²) >= 11 is 8.73. The first-order valence-electron chi connectivity index (χ1n) is 9.86. The van der Waals surface area contributed by atoms with E-state index >= 15 is 0 Å². The van der Waals surface area contributed by atoms with Gasteiger partial charge >= 0.3 is 6.18 Å². The van der Waals surface area contributed by atoms with Gasteiger partial charge in [0.15, 0.2) is 5.13 Å². The second kappa shape index (κ2) is 10.3. The molecule has 0 aliphatic heterocycles. The molecule has 1 atom stereocenters. The van der Waals surface area contributed by atoms with Crippen LogP contribution in [0.3, 0.4) is 0 Å². The first-order chi connectivity index (χ1) is 15.8. The smallest absolute Gasteiger partial charge is 0.366 e. The molecule has 3 aromatic heterocycles. The van der Waals surface area contributed by atoms with Gasteiger partial charge in [-0.05, 0) is 30.2 Å². The highest BCUT2D eigenvalue weighted by molar-refractivity contribution is 7.26. The Hall–Kier alpha value is -2.31. The minimum Gasteiger partial charge on any atom is -0.366 e. The second-order valence-electron chi connectivity index (χ2n) is 7.24. The number of hydrogen-bond donors (Lipinski definition) is 2. The third-order valence-electron chi connectivity index (χ3n) is 4.49. The van der Waals surface area contributed by atoms with E-state index in [1.807, 2.05) is 18.2 Å². The molecule has 3 N–H and O–H groups in total. The summed E-state index contributed by atoms with van der Waals surface area (Å²) in [5.41, 5.74) is 8.41. The Morgan fingerprint density at radius 2 is 2.03 bits per heavy atom. The SMILES string of the molecule is NC(CNc1nc(COCC(F)(F)F)c(-c2nc3ccncc3s2)s1)Cc1cccc(Cl)c1. The zero-order valence-corrected chi connectivity index (χ0v) is 19.5.